The van der Waals surface area contributed by atoms with Gasteiger partial charge in [0.2, 0.25) is 15.9 Å². The lowest BCUT2D eigenvalue weighted by Crippen LogP contribution is -2.41. The molecule has 0 fully saturated rings. The van der Waals surface area contributed by atoms with E-state index in [1.165, 1.54) is 0 Å². The van der Waals surface area contributed by atoms with Crippen LogP contribution in [0.15, 0.2) is 59.1 Å². The molecule has 0 aliphatic rings. The van der Waals surface area contributed by atoms with Crippen molar-refractivity contribution in [1.82, 2.24) is 5.32 Å². The van der Waals surface area contributed by atoms with Crippen molar-refractivity contribution in [2.24, 2.45) is 0 Å². The summed E-state index contributed by atoms with van der Waals surface area (Å²) in [4.78, 5) is 12.3. The van der Waals surface area contributed by atoms with Crippen molar-refractivity contribution < 1.29 is 13.2 Å². The fourth-order valence-corrected chi connectivity index (χ4v) is 3.51. The van der Waals surface area contributed by atoms with Gasteiger partial charge in [0, 0.05) is 4.47 Å². The largest absolute Gasteiger partial charge is 0.348 e. The number of hydrogen-bond donors (Lipinski definition) is 1. The standard InChI is InChI=1S/C17H19BrN2O3S/c1-13(14-7-4-3-5-8-14)19-17(21)12-20(24(2,22)23)16-10-6-9-15(18)11-16/h3-11,13H,12H2,1-2H3,(H,19,21)/t13-/m1/s1. The van der Waals surface area contributed by atoms with Crippen molar-refractivity contribution in [2.75, 3.05) is 17.1 Å². The van der Waals surface area contributed by atoms with E-state index in [0.717, 1.165) is 20.6 Å². The van der Waals surface area contributed by atoms with Gasteiger partial charge >= 0.3 is 0 Å². The van der Waals surface area contributed by atoms with Crippen LogP contribution >= 0.6 is 15.9 Å². The zero-order valence-corrected chi connectivity index (χ0v) is 15.8. The summed E-state index contributed by atoms with van der Waals surface area (Å²) in [6, 6.07) is 16.1. The van der Waals surface area contributed by atoms with E-state index < -0.39 is 10.0 Å². The molecule has 1 amide bonds. The molecule has 0 aliphatic carbocycles. The molecule has 0 heterocycles. The molecular formula is C17H19BrN2O3S. The zero-order valence-electron chi connectivity index (χ0n) is 13.4. The summed E-state index contributed by atoms with van der Waals surface area (Å²) in [6.07, 6.45) is 1.09. The number of nitrogens with zero attached hydrogens (tertiary/aromatic N) is 1. The second kappa shape index (κ2) is 7.81. The Hall–Kier alpha value is -1.86. The number of benzene rings is 2. The van der Waals surface area contributed by atoms with Gasteiger partial charge in [-0.1, -0.05) is 52.3 Å². The highest BCUT2D eigenvalue weighted by Crippen LogP contribution is 2.22. The Morgan fingerprint density at radius 2 is 1.83 bits per heavy atom. The summed E-state index contributed by atoms with van der Waals surface area (Å²) in [6.45, 7) is 1.59. The van der Waals surface area contributed by atoms with Crippen LogP contribution in [0.2, 0.25) is 0 Å². The predicted molar refractivity (Wildman–Crippen MR) is 99.3 cm³/mol. The number of halogens is 1. The molecule has 1 atom stereocenters. The molecule has 0 saturated carbocycles. The van der Waals surface area contributed by atoms with Gasteiger partial charge in [0.15, 0.2) is 0 Å². The number of sulfonamides is 1. The Morgan fingerprint density at radius 3 is 2.42 bits per heavy atom. The maximum Gasteiger partial charge on any atom is 0.241 e. The van der Waals surface area contributed by atoms with E-state index in [1.807, 2.05) is 37.3 Å². The quantitative estimate of drug-likeness (QED) is 0.795. The van der Waals surface area contributed by atoms with Crippen LogP contribution in [0.5, 0.6) is 0 Å². The number of hydrogen-bond acceptors (Lipinski definition) is 3. The Kier molecular flexibility index (Phi) is 6.01. The van der Waals surface area contributed by atoms with Gasteiger partial charge in [-0.3, -0.25) is 9.10 Å². The molecule has 0 saturated heterocycles. The predicted octanol–water partition coefficient (Wildman–Crippen LogP) is 3.09. The van der Waals surface area contributed by atoms with Crippen LogP contribution in [-0.4, -0.2) is 27.1 Å². The first-order chi connectivity index (χ1) is 11.3. The van der Waals surface area contributed by atoms with Gasteiger partial charge in [-0.05, 0) is 30.7 Å². The fraction of sp³-hybridized carbons (Fsp3) is 0.235. The Balaban J connectivity index is 2.14. The smallest absolute Gasteiger partial charge is 0.241 e. The number of amides is 1. The minimum atomic E-state index is -3.58. The first kappa shape index (κ1) is 18.5. The van der Waals surface area contributed by atoms with Crippen LogP contribution < -0.4 is 9.62 Å². The minimum Gasteiger partial charge on any atom is -0.348 e. The molecule has 0 aliphatic heterocycles. The van der Waals surface area contributed by atoms with E-state index in [4.69, 9.17) is 0 Å². The van der Waals surface area contributed by atoms with Crippen LogP contribution in [0.25, 0.3) is 0 Å². The molecule has 2 rings (SSSR count). The molecule has 2 aromatic carbocycles. The third kappa shape index (κ3) is 5.07. The van der Waals surface area contributed by atoms with Gasteiger partial charge in [0.25, 0.3) is 0 Å². The first-order valence-electron chi connectivity index (χ1n) is 7.35. The van der Waals surface area contributed by atoms with Crippen LogP contribution in [0, 0.1) is 0 Å². The topological polar surface area (TPSA) is 66.5 Å². The average molecular weight is 411 g/mol. The molecule has 2 aromatic rings. The van der Waals surface area contributed by atoms with Gasteiger partial charge < -0.3 is 5.32 Å². The third-order valence-electron chi connectivity index (χ3n) is 3.46. The fourth-order valence-electron chi connectivity index (χ4n) is 2.27. The lowest BCUT2D eigenvalue weighted by Gasteiger charge is -2.23. The second-order valence-corrected chi connectivity index (χ2v) is 8.27. The molecule has 0 radical (unpaired) electrons. The van der Waals surface area contributed by atoms with E-state index in [0.29, 0.717) is 5.69 Å². The Labute approximate surface area is 150 Å². The van der Waals surface area contributed by atoms with Crippen molar-refractivity contribution in [3.63, 3.8) is 0 Å². The normalized spacial score (nSPS) is 12.5. The lowest BCUT2D eigenvalue weighted by molar-refractivity contribution is -0.120. The summed E-state index contributed by atoms with van der Waals surface area (Å²) in [7, 11) is -3.58. The van der Waals surface area contributed by atoms with Crippen molar-refractivity contribution in [2.45, 2.75) is 13.0 Å². The monoisotopic (exact) mass is 410 g/mol. The molecule has 7 heteroatoms. The molecule has 0 bridgehead atoms. The first-order valence-corrected chi connectivity index (χ1v) is 9.99. The second-order valence-electron chi connectivity index (χ2n) is 5.45. The molecule has 128 valence electrons. The summed E-state index contributed by atoms with van der Waals surface area (Å²) < 4.78 is 26.0. The molecule has 0 aromatic heterocycles. The van der Waals surface area contributed by atoms with E-state index in [-0.39, 0.29) is 18.5 Å². The summed E-state index contributed by atoms with van der Waals surface area (Å²) in [5.41, 5.74) is 1.40. The SMILES string of the molecule is C[C@@H](NC(=O)CN(c1cccc(Br)c1)S(C)(=O)=O)c1ccccc1. The van der Waals surface area contributed by atoms with E-state index >= 15 is 0 Å². The Morgan fingerprint density at radius 1 is 1.17 bits per heavy atom. The average Bonchev–Trinajstić information content (AvgIpc) is 2.52. The third-order valence-corrected chi connectivity index (χ3v) is 5.09. The lowest BCUT2D eigenvalue weighted by atomic mass is 10.1. The van der Waals surface area contributed by atoms with Gasteiger partial charge in [0.1, 0.15) is 6.54 Å². The minimum absolute atomic E-state index is 0.206. The van der Waals surface area contributed by atoms with Crippen molar-refractivity contribution in [3.05, 3.63) is 64.6 Å². The number of nitrogens with one attached hydrogen (secondary N) is 1. The van der Waals surface area contributed by atoms with Gasteiger partial charge in [-0.25, -0.2) is 8.42 Å². The Bertz CT molecular complexity index is 810. The number of anilines is 1. The van der Waals surface area contributed by atoms with Gasteiger partial charge in [-0.15, -0.1) is 0 Å². The maximum absolute atomic E-state index is 12.3. The summed E-state index contributed by atoms with van der Waals surface area (Å²) >= 11 is 3.31. The van der Waals surface area contributed by atoms with Crippen LogP contribution in [0.1, 0.15) is 18.5 Å². The number of rotatable bonds is 6. The van der Waals surface area contributed by atoms with Gasteiger partial charge in [-0.2, -0.15) is 0 Å². The van der Waals surface area contributed by atoms with E-state index in [9.17, 15) is 13.2 Å². The van der Waals surface area contributed by atoms with Crippen molar-refractivity contribution in [1.29, 1.82) is 0 Å². The zero-order chi connectivity index (χ0) is 17.7. The van der Waals surface area contributed by atoms with Crippen molar-refractivity contribution >= 4 is 37.5 Å². The van der Waals surface area contributed by atoms with E-state index in [2.05, 4.69) is 21.2 Å². The molecule has 5 nitrogen and oxygen atoms in total. The maximum atomic E-state index is 12.3. The highest BCUT2D eigenvalue weighted by molar-refractivity contribution is 9.10. The molecule has 1 N–H and O–H groups in total. The molecule has 0 spiro atoms. The highest BCUT2D eigenvalue weighted by Gasteiger charge is 2.22. The van der Waals surface area contributed by atoms with Crippen LogP contribution in [0.3, 0.4) is 0 Å². The van der Waals surface area contributed by atoms with E-state index in [1.54, 1.807) is 24.3 Å². The van der Waals surface area contributed by atoms with Crippen molar-refractivity contribution in [3.8, 4) is 0 Å². The van der Waals surface area contributed by atoms with Gasteiger partial charge in [0.05, 0.1) is 18.0 Å². The van der Waals surface area contributed by atoms with Crippen LogP contribution in [-0.2, 0) is 14.8 Å². The number of carbonyl (C=O) groups excluding carboxylic acids is 1. The summed E-state index contributed by atoms with van der Waals surface area (Å²) in [5.74, 6) is -0.364. The van der Waals surface area contributed by atoms with Crippen LogP contribution in [0.4, 0.5) is 5.69 Å². The summed E-state index contributed by atoms with van der Waals surface area (Å²) in [5, 5.41) is 2.83. The molecule has 0 unspecified atom stereocenters. The molecule has 24 heavy (non-hydrogen) atoms. The highest BCUT2D eigenvalue weighted by atomic mass is 79.9. The molecular weight excluding hydrogens is 392 g/mol. The number of carbonyl (C=O) groups is 1.